The van der Waals surface area contributed by atoms with Crippen molar-refractivity contribution < 1.29 is 9.52 Å². The first-order valence-electron chi connectivity index (χ1n) is 10.3. The Kier molecular flexibility index (Phi) is 5.90. The maximum atomic E-state index is 13.2. The molecule has 172 valence electrons. The molecule has 0 radical (unpaired) electrons. The SMILES string of the molecule is O=C(Nc1c(Cl)cncc1Cl)c1cn(-c2cccc(-c3ccc[n+]([O-])c3)c2)c2ncccc2c1=O. The summed E-state index contributed by atoms with van der Waals surface area (Å²) >= 11 is 12.3. The lowest BCUT2D eigenvalue weighted by Gasteiger charge is -2.14. The van der Waals surface area contributed by atoms with Gasteiger partial charge in [-0.15, -0.1) is 0 Å². The lowest BCUT2D eigenvalue weighted by Crippen LogP contribution is -2.24. The molecular formula is C25H15Cl2N5O3. The van der Waals surface area contributed by atoms with Crippen LogP contribution in [0.25, 0.3) is 27.8 Å². The summed E-state index contributed by atoms with van der Waals surface area (Å²) in [5, 5.41) is 14.9. The van der Waals surface area contributed by atoms with Crippen molar-refractivity contribution in [2.24, 2.45) is 0 Å². The van der Waals surface area contributed by atoms with Crippen molar-refractivity contribution in [1.82, 2.24) is 14.5 Å². The Balaban J connectivity index is 1.66. The molecule has 0 aliphatic heterocycles. The number of hydrogen-bond donors (Lipinski definition) is 1. The van der Waals surface area contributed by atoms with E-state index in [4.69, 9.17) is 23.2 Å². The van der Waals surface area contributed by atoms with Crippen molar-refractivity contribution in [3.8, 4) is 16.8 Å². The summed E-state index contributed by atoms with van der Waals surface area (Å²) in [7, 11) is 0. The Labute approximate surface area is 208 Å². The van der Waals surface area contributed by atoms with Gasteiger partial charge in [-0.25, -0.2) is 4.98 Å². The fraction of sp³-hybridized carbons (Fsp3) is 0. The van der Waals surface area contributed by atoms with Crippen LogP contribution in [-0.4, -0.2) is 20.4 Å². The Morgan fingerprint density at radius 1 is 1.03 bits per heavy atom. The van der Waals surface area contributed by atoms with Crippen molar-refractivity contribution in [3.05, 3.63) is 117 Å². The zero-order valence-corrected chi connectivity index (χ0v) is 19.4. The third kappa shape index (κ3) is 4.32. The highest BCUT2D eigenvalue weighted by molar-refractivity contribution is 6.39. The van der Waals surface area contributed by atoms with Crippen LogP contribution in [0, 0.1) is 5.21 Å². The number of carbonyl (C=O) groups excluding carboxylic acids is 1. The van der Waals surface area contributed by atoms with Crippen molar-refractivity contribution in [1.29, 1.82) is 0 Å². The molecular weight excluding hydrogens is 489 g/mol. The van der Waals surface area contributed by atoms with Gasteiger partial charge in [-0.1, -0.05) is 35.3 Å². The van der Waals surface area contributed by atoms with Crippen LogP contribution in [0.1, 0.15) is 10.4 Å². The highest BCUT2D eigenvalue weighted by atomic mass is 35.5. The third-order valence-electron chi connectivity index (χ3n) is 5.33. The van der Waals surface area contributed by atoms with E-state index in [-0.39, 0.29) is 26.7 Å². The van der Waals surface area contributed by atoms with Crippen LogP contribution in [0.15, 0.2) is 90.5 Å². The smallest absolute Gasteiger partial charge is 0.261 e. The lowest BCUT2D eigenvalue weighted by molar-refractivity contribution is -0.604. The minimum atomic E-state index is -0.684. The molecule has 0 saturated carbocycles. The molecule has 35 heavy (non-hydrogen) atoms. The molecule has 0 saturated heterocycles. The number of halogens is 2. The van der Waals surface area contributed by atoms with Crippen LogP contribution in [-0.2, 0) is 0 Å². The molecule has 1 N–H and O–H groups in total. The maximum Gasteiger partial charge on any atom is 0.261 e. The average Bonchev–Trinajstić information content (AvgIpc) is 2.87. The molecule has 0 atom stereocenters. The summed E-state index contributed by atoms with van der Waals surface area (Å²) < 4.78 is 2.37. The Morgan fingerprint density at radius 3 is 2.57 bits per heavy atom. The predicted molar refractivity (Wildman–Crippen MR) is 134 cm³/mol. The van der Waals surface area contributed by atoms with Crippen LogP contribution in [0.5, 0.6) is 0 Å². The summed E-state index contributed by atoms with van der Waals surface area (Å²) in [4.78, 5) is 34.6. The number of carbonyl (C=O) groups is 1. The number of amides is 1. The molecule has 0 spiro atoms. The van der Waals surface area contributed by atoms with E-state index in [2.05, 4.69) is 15.3 Å². The largest absolute Gasteiger partial charge is 0.619 e. The number of nitrogens with one attached hydrogen (secondary N) is 1. The minimum Gasteiger partial charge on any atom is -0.619 e. The number of hydrogen-bond acceptors (Lipinski definition) is 5. The predicted octanol–water partition coefficient (Wildman–Crippen LogP) is 4.64. The molecule has 4 heterocycles. The molecule has 5 aromatic rings. The van der Waals surface area contributed by atoms with E-state index < -0.39 is 11.3 Å². The molecule has 4 aromatic heterocycles. The molecule has 0 unspecified atom stereocenters. The molecule has 0 aliphatic rings. The number of aromatic nitrogens is 4. The molecule has 0 bridgehead atoms. The summed E-state index contributed by atoms with van der Waals surface area (Å²) in [6.45, 7) is 0. The number of nitrogens with zero attached hydrogens (tertiary/aromatic N) is 4. The van der Waals surface area contributed by atoms with Gasteiger partial charge in [0.15, 0.2) is 12.4 Å². The van der Waals surface area contributed by atoms with Crippen molar-refractivity contribution in [2.45, 2.75) is 0 Å². The monoisotopic (exact) mass is 503 g/mol. The number of anilines is 1. The van der Waals surface area contributed by atoms with Crippen LogP contribution < -0.4 is 15.5 Å². The fourth-order valence-corrected chi connectivity index (χ4v) is 4.15. The first kappa shape index (κ1) is 22.5. The van der Waals surface area contributed by atoms with Crippen LogP contribution in [0.4, 0.5) is 5.69 Å². The highest BCUT2D eigenvalue weighted by Crippen LogP contribution is 2.29. The van der Waals surface area contributed by atoms with Gasteiger partial charge in [0.05, 0.1) is 21.1 Å². The van der Waals surface area contributed by atoms with Gasteiger partial charge in [0.1, 0.15) is 11.2 Å². The fourth-order valence-electron chi connectivity index (χ4n) is 3.69. The zero-order chi connectivity index (χ0) is 24.5. The Bertz CT molecular complexity index is 1650. The number of rotatable bonds is 4. The van der Waals surface area contributed by atoms with Crippen LogP contribution in [0.3, 0.4) is 0 Å². The number of pyridine rings is 4. The molecule has 10 heteroatoms. The van der Waals surface area contributed by atoms with Gasteiger partial charge in [-0.2, -0.15) is 4.73 Å². The van der Waals surface area contributed by atoms with Gasteiger partial charge in [0.2, 0.25) is 5.43 Å². The summed E-state index contributed by atoms with van der Waals surface area (Å²) in [5.74, 6) is -0.684. The van der Waals surface area contributed by atoms with Crippen LogP contribution in [0.2, 0.25) is 10.0 Å². The maximum absolute atomic E-state index is 13.2. The third-order valence-corrected chi connectivity index (χ3v) is 5.90. The van der Waals surface area contributed by atoms with Gasteiger partial charge in [0.25, 0.3) is 5.91 Å². The van der Waals surface area contributed by atoms with E-state index in [1.54, 1.807) is 29.0 Å². The Morgan fingerprint density at radius 2 is 1.80 bits per heavy atom. The van der Waals surface area contributed by atoms with Gasteiger partial charge in [-0.05, 0) is 35.9 Å². The van der Waals surface area contributed by atoms with E-state index in [1.165, 1.54) is 31.0 Å². The molecule has 1 amide bonds. The lowest BCUT2D eigenvalue weighted by atomic mass is 10.1. The second-order valence-electron chi connectivity index (χ2n) is 7.55. The number of benzene rings is 1. The van der Waals surface area contributed by atoms with E-state index >= 15 is 0 Å². The normalized spacial score (nSPS) is 10.9. The van der Waals surface area contributed by atoms with Gasteiger partial charge in [0, 0.05) is 42.1 Å². The summed E-state index contributed by atoms with van der Waals surface area (Å²) in [6, 6.07) is 14.0. The van der Waals surface area contributed by atoms with Crippen molar-refractivity contribution in [2.75, 3.05) is 5.32 Å². The molecule has 5 rings (SSSR count). The second kappa shape index (κ2) is 9.17. The standard InChI is InChI=1S/C25H15Cl2N5O3/c26-20-11-28-12-21(27)22(20)30-25(34)19-14-32(24-18(23(19)33)7-2-8-29-24)17-6-1-4-15(10-17)16-5-3-9-31(35)13-16/h1-14H,(H,28,30,34). The van der Waals surface area contributed by atoms with Gasteiger partial charge >= 0.3 is 0 Å². The molecule has 0 fully saturated rings. The van der Waals surface area contributed by atoms with E-state index in [0.29, 0.717) is 16.9 Å². The highest BCUT2D eigenvalue weighted by Gasteiger charge is 2.19. The first-order valence-corrected chi connectivity index (χ1v) is 11.1. The number of fused-ring (bicyclic) bond motifs is 1. The zero-order valence-electron chi connectivity index (χ0n) is 17.9. The van der Waals surface area contributed by atoms with Crippen molar-refractivity contribution in [3.63, 3.8) is 0 Å². The minimum absolute atomic E-state index is 0.128. The van der Waals surface area contributed by atoms with Gasteiger partial charge in [-0.3, -0.25) is 14.6 Å². The topological polar surface area (TPSA) is 104 Å². The molecule has 8 nitrogen and oxygen atoms in total. The molecule has 0 aliphatic carbocycles. The van der Waals surface area contributed by atoms with Gasteiger partial charge < -0.3 is 15.1 Å². The summed E-state index contributed by atoms with van der Waals surface area (Å²) in [6.07, 6.45) is 8.53. The quantitative estimate of drug-likeness (QED) is 0.284. The van der Waals surface area contributed by atoms with E-state index in [1.807, 2.05) is 30.3 Å². The van der Waals surface area contributed by atoms with Crippen LogP contribution >= 0.6 is 23.2 Å². The Hall–Kier alpha value is -4.27. The average molecular weight is 504 g/mol. The second-order valence-corrected chi connectivity index (χ2v) is 8.37. The molecule has 1 aromatic carbocycles. The summed E-state index contributed by atoms with van der Waals surface area (Å²) in [5.41, 5.74) is 2.04. The van der Waals surface area contributed by atoms with E-state index in [0.717, 1.165) is 10.3 Å². The van der Waals surface area contributed by atoms with Crippen molar-refractivity contribution >= 4 is 45.8 Å². The van der Waals surface area contributed by atoms with E-state index in [9.17, 15) is 14.8 Å². The first-order chi connectivity index (χ1) is 16.9.